The number of hydrogen-bond acceptors (Lipinski definition) is 6. The smallest absolute Gasteiger partial charge is 0.227 e. The first-order valence-corrected chi connectivity index (χ1v) is 13.5. The van der Waals surface area contributed by atoms with Gasteiger partial charge >= 0.3 is 0 Å². The maximum Gasteiger partial charge on any atom is 0.227 e. The fourth-order valence-corrected chi connectivity index (χ4v) is 5.55. The summed E-state index contributed by atoms with van der Waals surface area (Å²) in [5.74, 6) is 0.719. The summed E-state index contributed by atoms with van der Waals surface area (Å²) in [6.45, 7) is 0. The van der Waals surface area contributed by atoms with Crippen LogP contribution < -0.4 is 10.1 Å². The first kappa shape index (κ1) is 24.9. The van der Waals surface area contributed by atoms with E-state index in [1.807, 2.05) is 30.3 Å². The van der Waals surface area contributed by atoms with Gasteiger partial charge in [0.2, 0.25) is 5.91 Å². The molecule has 1 aliphatic rings. The van der Waals surface area contributed by atoms with Gasteiger partial charge in [0.05, 0.1) is 47.4 Å². The van der Waals surface area contributed by atoms with E-state index in [0.717, 1.165) is 53.2 Å². The van der Waals surface area contributed by atoms with E-state index < -0.39 is 0 Å². The number of pyridine rings is 2. The number of hydrogen-bond donors (Lipinski definition) is 3. The fourth-order valence-electron chi connectivity index (χ4n) is 5.55. The number of aromatic nitrogens is 6. The van der Waals surface area contributed by atoms with Crippen LogP contribution in [0.3, 0.4) is 0 Å². The van der Waals surface area contributed by atoms with Crippen molar-refractivity contribution in [2.75, 3.05) is 12.4 Å². The summed E-state index contributed by atoms with van der Waals surface area (Å²) in [6, 6.07) is 14.1. The van der Waals surface area contributed by atoms with Crippen molar-refractivity contribution in [1.82, 2.24) is 30.1 Å². The molecule has 0 saturated heterocycles. The number of anilines is 1. The molecule has 4 heterocycles. The number of nitrogens with one attached hydrogen (secondary N) is 3. The van der Waals surface area contributed by atoms with Gasteiger partial charge in [0.25, 0.3) is 0 Å². The monoisotopic (exact) mass is 547 g/mol. The highest BCUT2D eigenvalue weighted by atomic mass is 19.1. The SMILES string of the molecule is COc1cc(F)cc(-c2cccc3[nH]c(-c4n[nH]c5cnc(-c6cncc(NC(=O)C7CCCC7)c6)cc45)nc23)c1. The molecule has 0 atom stereocenters. The van der Waals surface area contributed by atoms with Crippen LogP contribution in [0.4, 0.5) is 10.1 Å². The average Bonchev–Trinajstić information content (AvgIpc) is 3.76. The Morgan fingerprint density at radius 3 is 2.76 bits per heavy atom. The summed E-state index contributed by atoms with van der Waals surface area (Å²) >= 11 is 0. The summed E-state index contributed by atoms with van der Waals surface area (Å²) in [4.78, 5) is 29.8. The van der Waals surface area contributed by atoms with E-state index in [1.165, 1.54) is 19.2 Å². The number of H-pyrrole nitrogens is 2. The Bertz CT molecular complexity index is 1920. The van der Waals surface area contributed by atoms with E-state index in [0.29, 0.717) is 39.7 Å². The van der Waals surface area contributed by atoms with Crippen LogP contribution in [0.2, 0.25) is 0 Å². The predicted molar refractivity (Wildman–Crippen MR) is 155 cm³/mol. The predicted octanol–water partition coefficient (Wildman–Crippen LogP) is 6.51. The lowest BCUT2D eigenvalue weighted by molar-refractivity contribution is -0.119. The number of carbonyl (C=O) groups is 1. The molecule has 7 rings (SSSR count). The number of halogens is 1. The van der Waals surface area contributed by atoms with Crippen molar-refractivity contribution in [3.8, 4) is 39.7 Å². The number of imidazole rings is 1. The molecule has 0 bridgehead atoms. The zero-order valence-electron chi connectivity index (χ0n) is 22.2. The van der Waals surface area contributed by atoms with Crippen molar-refractivity contribution in [2.24, 2.45) is 5.92 Å². The molecular formula is C31H26FN7O2. The third-order valence-electron chi connectivity index (χ3n) is 7.63. The molecule has 0 unspecified atom stereocenters. The Kier molecular flexibility index (Phi) is 6.15. The van der Waals surface area contributed by atoms with Gasteiger partial charge in [-0.2, -0.15) is 5.10 Å². The van der Waals surface area contributed by atoms with Crippen LogP contribution in [0.15, 0.2) is 67.1 Å². The number of methoxy groups -OCH3 is 1. The highest BCUT2D eigenvalue weighted by Crippen LogP contribution is 2.34. The quantitative estimate of drug-likeness (QED) is 0.219. The Hall–Kier alpha value is -5.12. The molecule has 41 heavy (non-hydrogen) atoms. The van der Waals surface area contributed by atoms with Gasteiger partial charge in [-0.05, 0) is 48.7 Å². The Labute approximate surface area is 234 Å². The summed E-state index contributed by atoms with van der Waals surface area (Å²) < 4.78 is 19.6. The van der Waals surface area contributed by atoms with Gasteiger partial charge in [-0.25, -0.2) is 9.37 Å². The standard InChI is InChI=1S/C31H26FN7O2/c1-41-22-11-18(9-20(32)12-22)23-7-4-8-25-28(23)37-30(36-25)29-24-13-26(34-16-27(24)38-39-29)19-10-21(15-33-14-19)35-31(40)17-5-2-3-6-17/h4,7-17H,2-3,5-6H2,1H3,(H,35,40)(H,36,37)(H,38,39). The van der Waals surface area contributed by atoms with Crippen molar-refractivity contribution in [2.45, 2.75) is 25.7 Å². The van der Waals surface area contributed by atoms with Gasteiger partial charge in [-0.3, -0.25) is 19.9 Å². The Morgan fingerprint density at radius 1 is 1.02 bits per heavy atom. The summed E-state index contributed by atoms with van der Waals surface area (Å²) in [5, 5.41) is 11.4. The minimum atomic E-state index is -0.387. The molecule has 1 fully saturated rings. The fraction of sp³-hybridized carbons (Fsp3) is 0.194. The molecular weight excluding hydrogens is 521 g/mol. The molecule has 0 spiro atoms. The van der Waals surface area contributed by atoms with Crippen LogP contribution in [-0.2, 0) is 4.79 Å². The lowest BCUT2D eigenvalue weighted by atomic mass is 10.0. The van der Waals surface area contributed by atoms with Crippen molar-refractivity contribution in [1.29, 1.82) is 0 Å². The maximum absolute atomic E-state index is 14.3. The minimum absolute atomic E-state index is 0.0444. The zero-order chi connectivity index (χ0) is 27.9. The Morgan fingerprint density at radius 2 is 1.90 bits per heavy atom. The van der Waals surface area contributed by atoms with Crippen LogP contribution in [0, 0.1) is 11.7 Å². The highest BCUT2D eigenvalue weighted by Gasteiger charge is 2.23. The van der Waals surface area contributed by atoms with E-state index in [2.05, 4.69) is 30.5 Å². The Balaban J connectivity index is 1.25. The van der Waals surface area contributed by atoms with E-state index in [-0.39, 0.29) is 17.6 Å². The number of ether oxygens (including phenoxy) is 1. The molecule has 6 aromatic rings. The van der Waals surface area contributed by atoms with Crippen LogP contribution in [0.25, 0.3) is 55.8 Å². The second-order valence-corrected chi connectivity index (χ2v) is 10.3. The van der Waals surface area contributed by atoms with Crippen LogP contribution in [0.1, 0.15) is 25.7 Å². The number of benzene rings is 2. The molecule has 0 radical (unpaired) electrons. The highest BCUT2D eigenvalue weighted by molar-refractivity contribution is 5.98. The molecule has 2 aromatic carbocycles. The molecule has 1 saturated carbocycles. The van der Waals surface area contributed by atoms with Crippen LogP contribution in [-0.4, -0.2) is 43.2 Å². The number of carbonyl (C=O) groups excluding carboxylic acids is 1. The molecule has 1 aliphatic carbocycles. The number of fused-ring (bicyclic) bond motifs is 2. The second-order valence-electron chi connectivity index (χ2n) is 10.3. The molecule has 10 heteroatoms. The molecule has 9 nitrogen and oxygen atoms in total. The normalized spacial score (nSPS) is 13.7. The summed E-state index contributed by atoms with van der Waals surface area (Å²) in [5.41, 5.74) is 6.40. The van der Waals surface area contributed by atoms with Gasteiger partial charge in [-0.1, -0.05) is 25.0 Å². The zero-order valence-corrected chi connectivity index (χ0v) is 22.2. The number of nitrogens with zero attached hydrogens (tertiary/aromatic N) is 4. The third kappa shape index (κ3) is 4.67. The number of para-hydroxylation sites is 1. The number of aromatic amines is 2. The molecule has 204 valence electrons. The maximum atomic E-state index is 14.3. The lowest BCUT2D eigenvalue weighted by Crippen LogP contribution is -2.20. The molecule has 3 N–H and O–H groups in total. The van der Waals surface area contributed by atoms with E-state index in [1.54, 1.807) is 24.7 Å². The van der Waals surface area contributed by atoms with E-state index in [9.17, 15) is 9.18 Å². The lowest BCUT2D eigenvalue weighted by Gasteiger charge is -2.11. The van der Waals surface area contributed by atoms with Crippen molar-refractivity contribution >= 4 is 33.5 Å². The first-order chi connectivity index (χ1) is 20.1. The van der Waals surface area contributed by atoms with Gasteiger partial charge in [-0.15, -0.1) is 0 Å². The first-order valence-electron chi connectivity index (χ1n) is 13.5. The van der Waals surface area contributed by atoms with Crippen LogP contribution in [0.5, 0.6) is 5.75 Å². The second kappa shape index (κ2) is 10.1. The third-order valence-corrected chi connectivity index (χ3v) is 7.63. The largest absolute Gasteiger partial charge is 0.497 e. The number of rotatable bonds is 6. The van der Waals surface area contributed by atoms with Crippen molar-refractivity contribution in [3.63, 3.8) is 0 Å². The number of amides is 1. The van der Waals surface area contributed by atoms with Crippen LogP contribution >= 0.6 is 0 Å². The molecule has 1 amide bonds. The van der Waals surface area contributed by atoms with E-state index in [4.69, 9.17) is 9.72 Å². The van der Waals surface area contributed by atoms with Crippen molar-refractivity contribution in [3.05, 3.63) is 72.9 Å². The average molecular weight is 548 g/mol. The van der Waals surface area contributed by atoms with E-state index >= 15 is 0 Å². The minimum Gasteiger partial charge on any atom is -0.497 e. The van der Waals surface area contributed by atoms with Crippen molar-refractivity contribution < 1.29 is 13.9 Å². The topological polar surface area (TPSA) is 121 Å². The van der Waals surface area contributed by atoms with Gasteiger partial charge in [0.1, 0.15) is 17.3 Å². The van der Waals surface area contributed by atoms with Gasteiger partial charge < -0.3 is 15.0 Å². The molecule has 0 aliphatic heterocycles. The van der Waals surface area contributed by atoms with Gasteiger partial charge in [0.15, 0.2) is 5.82 Å². The molecule has 4 aromatic heterocycles. The summed E-state index contributed by atoms with van der Waals surface area (Å²) in [6.07, 6.45) is 9.15. The summed E-state index contributed by atoms with van der Waals surface area (Å²) in [7, 11) is 1.51. The van der Waals surface area contributed by atoms with Gasteiger partial charge in [0, 0.05) is 34.7 Å².